The number of piperidine rings is 1. The predicted molar refractivity (Wildman–Crippen MR) is 44.8 cm³/mol. The van der Waals surface area contributed by atoms with Crippen LogP contribution in [0.4, 0.5) is 0 Å². The number of amides is 1. The number of likely N-dealkylation sites (tertiary alicyclic amines) is 1. The lowest BCUT2D eigenvalue weighted by molar-refractivity contribution is 0.214. The summed E-state index contributed by atoms with van der Waals surface area (Å²) in [5.41, 5.74) is 0. The van der Waals surface area contributed by atoms with E-state index in [-0.39, 0.29) is 0 Å². The second-order valence-electron chi connectivity index (χ2n) is 3.66. The van der Waals surface area contributed by atoms with Crippen molar-refractivity contribution in [3.8, 4) is 0 Å². The molecule has 1 saturated heterocycles. The Hall–Kier alpha value is -0.530. The quantitative estimate of drug-likeness (QED) is 0.589. The van der Waals surface area contributed by atoms with E-state index < -0.39 is 0 Å². The molecule has 1 amide bonds. The standard InChI is InChI=1S/C9H16NO/c1-8(2)9-3-5-10(7-11)6-4-9/h8-9H,3-6H2,1-2H3. The predicted octanol–water partition coefficient (Wildman–Crippen LogP) is 1.42. The van der Waals surface area contributed by atoms with Crippen LogP contribution < -0.4 is 0 Å². The molecule has 0 aromatic heterocycles. The van der Waals surface area contributed by atoms with Crippen molar-refractivity contribution in [2.75, 3.05) is 13.1 Å². The monoisotopic (exact) mass is 154 g/mol. The molecule has 0 N–H and O–H groups in total. The molecule has 0 aromatic carbocycles. The second-order valence-corrected chi connectivity index (χ2v) is 3.66. The van der Waals surface area contributed by atoms with Gasteiger partial charge in [-0.1, -0.05) is 13.8 Å². The first kappa shape index (κ1) is 8.57. The summed E-state index contributed by atoms with van der Waals surface area (Å²) < 4.78 is 0. The third kappa shape index (κ3) is 2.21. The number of hydrogen-bond acceptors (Lipinski definition) is 1. The van der Waals surface area contributed by atoms with Gasteiger partial charge in [-0.3, -0.25) is 4.79 Å². The zero-order chi connectivity index (χ0) is 8.27. The topological polar surface area (TPSA) is 20.3 Å². The van der Waals surface area contributed by atoms with Gasteiger partial charge < -0.3 is 4.90 Å². The molecule has 63 valence electrons. The van der Waals surface area contributed by atoms with Crippen LogP contribution in [0.15, 0.2) is 0 Å². The summed E-state index contributed by atoms with van der Waals surface area (Å²) in [5.74, 6) is 1.59. The molecule has 1 heterocycles. The van der Waals surface area contributed by atoms with E-state index in [0.29, 0.717) is 0 Å². The maximum Gasteiger partial charge on any atom is 0.312 e. The second kappa shape index (κ2) is 3.74. The SMILES string of the molecule is CC(C)C1CCN([C]=O)CC1. The van der Waals surface area contributed by atoms with Gasteiger partial charge in [0.2, 0.25) is 0 Å². The number of rotatable bonds is 2. The van der Waals surface area contributed by atoms with Crippen LogP contribution in [0.3, 0.4) is 0 Å². The number of nitrogens with zero attached hydrogens (tertiary/aromatic N) is 1. The fourth-order valence-electron chi connectivity index (χ4n) is 1.66. The van der Waals surface area contributed by atoms with Crippen molar-refractivity contribution in [3.05, 3.63) is 0 Å². The van der Waals surface area contributed by atoms with Crippen LogP contribution in [0.25, 0.3) is 0 Å². The Labute approximate surface area is 68.6 Å². The third-order valence-corrected chi connectivity index (χ3v) is 2.61. The Balaban J connectivity index is 2.29. The van der Waals surface area contributed by atoms with E-state index >= 15 is 0 Å². The van der Waals surface area contributed by atoms with Crippen LogP contribution in [0.2, 0.25) is 0 Å². The number of carbonyl (C=O) groups excluding carboxylic acids is 1. The van der Waals surface area contributed by atoms with Gasteiger partial charge in [-0.25, -0.2) is 0 Å². The summed E-state index contributed by atoms with van der Waals surface area (Å²) in [5, 5.41) is 0. The van der Waals surface area contributed by atoms with Crippen molar-refractivity contribution in [2.45, 2.75) is 26.7 Å². The van der Waals surface area contributed by atoms with Crippen molar-refractivity contribution >= 4 is 6.41 Å². The molecule has 2 heteroatoms. The molecule has 2 nitrogen and oxygen atoms in total. The maximum atomic E-state index is 10.2. The Morgan fingerprint density at radius 2 is 1.91 bits per heavy atom. The van der Waals surface area contributed by atoms with E-state index in [1.807, 2.05) is 6.41 Å². The van der Waals surface area contributed by atoms with Crippen molar-refractivity contribution < 1.29 is 4.79 Å². The van der Waals surface area contributed by atoms with Crippen molar-refractivity contribution in [3.63, 3.8) is 0 Å². The van der Waals surface area contributed by atoms with Gasteiger partial charge in [0.15, 0.2) is 0 Å². The highest BCUT2D eigenvalue weighted by molar-refractivity contribution is 5.48. The first-order valence-corrected chi connectivity index (χ1v) is 4.36. The maximum absolute atomic E-state index is 10.2. The molecule has 0 bridgehead atoms. The lowest BCUT2D eigenvalue weighted by Gasteiger charge is -2.30. The van der Waals surface area contributed by atoms with E-state index in [1.54, 1.807) is 4.90 Å². The molecule has 1 aliphatic rings. The highest BCUT2D eigenvalue weighted by atomic mass is 16.1. The highest BCUT2D eigenvalue weighted by Crippen LogP contribution is 2.23. The van der Waals surface area contributed by atoms with Crippen LogP contribution >= 0.6 is 0 Å². The van der Waals surface area contributed by atoms with Crippen LogP contribution in [0.5, 0.6) is 0 Å². The average Bonchev–Trinajstić information content (AvgIpc) is 2.05. The molecule has 0 spiro atoms. The molecular formula is C9H16NO. The van der Waals surface area contributed by atoms with Gasteiger partial charge >= 0.3 is 6.41 Å². The first-order valence-electron chi connectivity index (χ1n) is 4.36. The van der Waals surface area contributed by atoms with Gasteiger partial charge in [-0.15, -0.1) is 0 Å². The molecule has 0 aromatic rings. The van der Waals surface area contributed by atoms with Gasteiger partial charge in [0.25, 0.3) is 0 Å². The molecule has 11 heavy (non-hydrogen) atoms. The molecule has 0 atom stereocenters. The Kier molecular flexibility index (Phi) is 2.92. The van der Waals surface area contributed by atoms with Crippen LogP contribution in [-0.4, -0.2) is 24.4 Å². The van der Waals surface area contributed by atoms with Gasteiger partial charge in [0.05, 0.1) is 0 Å². The zero-order valence-electron chi connectivity index (χ0n) is 7.34. The summed E-state index contributed by atoms with van der Waals surface area (Å²) in [7, 11) is 0. The van der Waals surface area contributed by atoms with E-state index in [1.165, 1.54) is 0 Å². The molecule has 1 rings (SSSR count). The normalized spacial score (nSPS) is 20.8. The summed E-state index contributed by atoms with van der Waals surface area (Å²) in [6, 6.07) is 0. The van der Waals surface area contributed by atoms with Crippen molar-refractivity contribution in [2.24, 2.45) is 11.8 Å². The largest absolute Gasteiger partial charge is 0.334 e. The lowest BCUT2D eigenvalue weighted by atomic mass is 9.87. The minimum Gasteiger partial charge on any atom is -0.334 e. The van der Waals surface area contributed by atoms with Gasteiger partial charge in [0.1, 0.15) is 0 Å². The van der Waals surface area contributed by atoms with Gasteiger partial charge in [-0.2, -0.15) is 0 Å². The average molecular weight is 154 g/mol. The Morgan fingerprint density at radius 1 is 1.36 bits per heavy atom. The van der Waals surface area contributed by atoms with Crippen LogP contribution in [0, 0.1) is 11.8 Å². The van der Waals surface area contributed by atoms with Gasteiger partial charge in [-0.05, 0) is 24.7 Å². The molecule has 1 fully saturated rings. The lowest BCUT2D eigenvalue weighted by Crippen LogP contribution is -2.34. The minimum atomic E-state index is 0.767. The molecular weight excluding hydrogens is 138 g/mol. The summed E-state index contributed by atoms with van der Waals surface area (Å²) >= 11 is 0. The summed E-state index contributed by atoms with van der Waals surface area (Å²) in [6.07, 6.45) is 4.27. The van der Waals surface area contributed by atoms with Crippen LogP contribution in [0.1, 0.15) is 26.7 Å². The first-order chi connectivity index (χ1) is 5.24. The summed E-state index contributed by atoms with van der Waals surface area (Å²) in [4.78, 5) is 12.0. The van der Waals surface area contributed by atoms with E-state index in [9.17, 15) is 4.79 Å². The number of hydrogen-bond donors (Lipinski definition) is 0. The smallest absolute Gasteiger partial charge is 0.312 e. The summed E-state index contributed by atoms with van der Waals surface area (Å²) in [6.45, 7) is 6.33. The van der Waals surface area contributed by atoms with Crippen molar-refractivity contribution in [1.29, 1.82) is 0 Å². The fourth-order valence-corrected chi connectivity index (χ4v) is 1.66. The van der Waals surface area contributed by atoms with E-state index in [2.05, 4.69) is 13.8 Å². The van der Waals surface area contributed by atoms with E-state index in [4.69, 9.17) is 0 Å². The van der Waals surface area contributed by atoms with Crippen molar-refractivity contribution in [1.82, 2.24) is 4.90 Å². The fraction of sp³-hybridized carbons (Fsp3) is 0.889. The highest BCUT2D eigenvalue weighted by Gasteiger charge is 2.20. The molecule has 0 aliphatic carbocycles. The zero-order valence-corrected chi connectivity index (χ0v) is 7.34. The molecule has 1 aliphatic heterocycles. The minimum absolute atomic E-state index is 0.767. The molecule has 1 radical (unpaired) electrons. The van der Waals surface area contributed by atoms with Crippen LogP contribution in [-0.2, 0) is 4.79 Å². The van der Waals surface area contributed by atoms with E-state index in [0.717, 1.165) is 37.8 Å². The Bertz CT molecular complexity index is 126. The Morgan fingerprint density at radius 3 is 2.27 bits per heavy atom. The third-order valence-electron chi connectivity index (χ3n) is 2.61. The van der Waals surface area contributed by atoms with Gasteiger partial charge in [0, 0.05) is 13.1 Å². The molecule has 0 saturated carbocycles. The molecule has 0 unspecified atom stereocenters.